The monoisotopic (exact) mass is 305 g/mol. The first-order valence-corrected chi connectivity index (χ1v) is 8.46. The van der Waals surface area contributed by atoms with Crippen molar-refractivity contribution < 1.29 is 9.47 Å². The molecule has 21 heavy (non-hydrogen) atoms. The molecule has 5 atom stereocenters. The van der Waals surface area contributed by atoms with Gasteiger partial charge < -0.3 is 15.2 Å². The molecule has 4 aliphatic rings. The van der Waals surface area contributed by atoms with Crippen LogP contribution in [0.3, 0.4) is 0 Å². The minimum Gasteiger partial charge on any atom is -0.486 e. The summed E-state index contributed by atoms with van der Waals surface area (Å²) in [6.07, 6.45) is 4.29. The van der Waals surface area contributed by atoms with Gasteiger partial charge >= 0.3 is 0 Å². The molecule has 2 bridgehead atoms. The smallest absolute Gasteiger partial charge is 0.162 e. The standard InChI is InChI=1S/C17H20ClNO2/c18-11-7-13-12(20-3-4-21-13)6-10(11)17(19)16-14-8-1-2-9(5-8)15(14)16/h6-9,14-17H,1-5,19H2. The number of halogens is 1. The predicted octanol–water partition coefficient (Wildman–Crippen LogP) is 3.40. The van der Waals surface area contributed by atoms with Gasteiger partial charge in [0.25, 0.3) is 0 Å². The molecule has 112 valence electrons. The molecular formula is C17H20ClNO2. The Labute approximate surface area is 129 Å². The van der Waals surface area contributed by atoms with E-state index < -0.39 is 0 Å². The molecule has 0 radical (unpaired) electrons. The molecular weight excluding hydrogens is 286 g/mol. The van der Waals surface area contributed by atoms with Gasteiger partial charge in [0.05, 0.1) is 0 Å². The van der Waals surface area contributed by atoms with E-state index in [0.29, 0.717) is 19.1 Å². The Morgan fingerprint density at radius 2 is 1.67 bits per heavy atom. The molecule has 3 aliphatic carbocycles. The lowest BCUT2D eigenvalue weighted by Crippen LogP contribution is -2.20. The average Bonchev–Trinajstić information content (AvgIpc) is 2.93. The van der Waals surface area contributed by atoms with Gasteiger partial charge in [0, 0.05) is 17.1 Å². The molecule has 1 aromatic carbocycles. The highest BCUT2D eigenvalue weighted by atomic mass is 35.5. The highest BCUT2D eigenvalue weighted by Crippen LogP contribution is 2.72. The van der Waals surface area contributed by atoms with Crippen molar-refractivity contribution in [3.8, 4) is 11.5 Å². The quantitative estimate of drug-likeness (QED) is 0.910. The highest BCUT2D eigenvalue weighted by Gasteiger charge is 2.66. The van der Waals surface area contributed by atoms with Crippen LogP contribution in [0.5, 0.6) is 11.5 Å². The number of hydrogen-bond acceptors (Lipinski definition) is 3. The van der Waals surface area contributed by atoms with Gasteiger partial charge in [-0.25, -0.2) is 0 Å². The summed E-state index contributed by atoms with van der Waals surface area (Å²) in [6, 6.07) is 3.93. The van der Waals surface area contributed by atoms with Crippen molar-refractivity contribution in [3.63, 3.8) is 0 Å². The summed E-state index contributed by atoms with van der Waals surface area (Å²) in [6.45, 7) is 1.19. The zero-order valence-electron chi connectivity index (χ0n) is 11.9. The van der Waals surface area contributed by atoms with Gasteiger partial charge in [0.15, 0.2) is 11.5 Å². The van der Waals surface area contributed by atoms with Crippen LogP contribution in [0.1, 0.15) is 30.9 Å². The lowest BCUT2D eigenvalue weighted by Gasteiger charge is -2.23. The number of hydrogen-bond donors (Lipinski definition) is 1. The first kappa shape index (κ1) is 12.6. The summed E-state index contributed by atoms with van der Waals surface area (Å²) >= 11 is 6.46. The highest BCUT2D eigenvalue weighted by molar-refractivity contribution is 6.31. The molecule has 0 spiro atoms. The van der Waals surface area contributed by atoms with E-state index in [1.54, 1.807) is 0 Å². The van der Waals surface area contributed by atoms with Gasteiger partial charge in [-0.15, -0.1) is 0 Å². The summed E-state index contributed by atoms with van der Waals surface area (Å²) in [4.78, 5) is 0. The first-order valence-electron chi connectivity index (χ1n) is 8.08. The maximum Gasteiger partial charge on any atom is 0.162 e. The van der Waals surface area contributed by atoms with Crippen molar-refractivity contribution >= 4 is 11.6 Å². The van der Waals surface area contributed by atoms with E-state index in [0.717, 1.165) is 45.8 Å². The SMILES string of the molecule is NC(c1cc2c(cc1Cl)OCCO2)C1C2C3CCC(C3)C21. The fourth-order valence-electron chi connectivity index (χ4n) is 5.42. The zero-order chi connectivity index (χ0) is 14.1. The van der Waals surface area contributed by atoms with Crippen LogP contribution in [-0.2, 0) is 0 Å². The molecule has 1 aliphatic heterocycles. The Morgan fingerprint density at radius 3 is 2.33 bits per heavy atom. The van der Waals surface area contributed by atoms with Crippen molar-refractivity contribution in [2.24, 2.45) is 35.3 Å². The Bertz CT molecular complexity index is 589. The maximum atomic E-state index is 6.60. The summed E-state index contributed by atoms with van der Waals surface area (Å²) in [5.74, 6) is 5.78. The van der Waals surface area contributed by atoms with Crippen molar-refractivity contribution in [1.29, 1.82) is 0 Å². The summed E-state index contributed by atoms with van der Waals surface area (Å²) in [7, 11) is 0. The van der Waals surface area contributed by atoms with Crippen LogP contribution in [0.2, 0.25) is 5.02 Å². The van der Waals surface area contributed by atoms with Gasteiger partial charge in [-0.1, -0.05) is 11.6 Å². The molecule has 3 fully saturated rings. The third-order valence-corrected chi connectivity index (χ3v) is 6.56. The lowest BCUT2D eigenvalue weighted by atomic mass is 9.93. The van der Waals surface area contributed by atoms with Crippen LogP contribution >= 0.6 is 11.6 Å². The van der Waals surface area contributed by atoms with Gasteiger partial charge in [-0.05, 0) is 60.5 Å². The molecule has 5 rings (SSSR count). The van der Waals surface area contributed by atoms with E-state index in [4.69, 9.17) is 26.8 Å². The summed E-state index contributed by atoms with van der Waals surface area (Å²) < 4.78 is 11.3. The van der Waals surface area contributed by atoms with Gasteiger partial charge in [-0.3, -0.25) is 0 Å². The summed E-state index contributed by atoms with van der Waals surface area (Å²) in [5, 5.41) is 0.726. The van der Waals surface area contributed by atoms with E-state index in [9.17, 15) is 0 Å². The molecule has 3 saturated carbocycles. The molecule has 4 heteroatoms. The van der Waals surface area contributed by atoms with Gasteiger partial charge in [0.1, 0.15) is 13.2 Å². The molecule has 1 aromatic rings. The molecule has 0 saturated heterocycles. The normalized spacial score (nSPS) is 40.0. The van der Waals surface area contributed by atoms with Crippen LogP contribution in [-0.4, -0.2) is 13.2 Å². The Balaban J connectivity index is 1.45. The predicted molar refractivity (Wildman–Crippen MR) is 80.7 cm³/mol. The van der Waals surface area contributed by atoms with E-state index in [1.807, 2.05) is 12.1 Å². The number of nitrogens with two attached hydrogens (primary N) is 1. The number of fused-ring (bicyclic) bond motifs is 6. The Kier molecular flexibility index (Phi) is 2.58. The molecule has 0 amide bonds. The first-order chi connectivity index (χ1) is 10.2. The maximum absolute atomic E-state index is 6.60. The second-order valence-corrected chi connectivity index (χ2v) is 7.52. The molecule has 3 nitrogen and oxygen atoms in total. The van der Waals surface area contributed by atoms with E-state index in [-0.39, 0.29) is 6.04 Å². The van der Waals surface area contributed by atoms with Crippen LogP contribution in [0, 0.1) is 29.6 Å². The number of benzene rings is 1. The molecule has 1 heterocycles. The lowest BCUT2D eigenvalue weighted by molar-refractivity contribution is 0.171. The summed E-state index contributed by atoms with van der Waals surface area (Å²) in [5.41, 5.74) is 7.64. The van der Waals surface area contributed by atoms with Crippen LogP contribution in [0.15, 0.2) is 12.1 Å². The second-order valence-electron chi connectivity index (χ2n) is 7.11. The van der Waals surface area contributed by atoms with E-state index in [2.05, 4.69) is 0 Å². The number of rotatable bonds is 2. The molecule has 5 unspecified atom stereocenters. The fourth-order valence-corrected chi connectivity index (χ4v) is 5.69. The third kappa shape index (κ3) is 1.71. The van der Waals surface area contributed by atoms with Crippen LogP contribution in [0.25, 0.3) is 0 Å². The van der Waals surface area contributed by atoms with Crippen LogP contribution in [0.4, 0.5) is 0 Å². The van der Waals surface area contributed by atoms with E-state index in [1.165, 1.54) is 19.3 Å². The van der Waals surface area contributed by atoms with Crippen LogP contribution < -0.4 is 15.2 Å². The molecule has 2 N–H and O–H groups in total. The Hall–Kier alpha value is -0.930. The van der Waals surface area contributed by atoms with Crippen molar-refractivity contribution in [2.45, 2.75) is 25.3 Å². The van der Waals surface area contributed by atoms with Crippen molar-refractivity contribution in [3.05, 3.63) is 22.7 Å². The average molecular weight is 306 g/mol. The topological polar surface area (TPSA) is 44.5 Å². The van der Waals surface area contributed by atoms with Crippen molar-refractivity contribution in [1.82, 2.24) is 0 Å². The zero-order valence-corrected chi connectivity index (χ0v) is 12.7. The number of ether oxygens (including phenoxy) is 2. The fraction of sp³-hybridized carbons (Fsp3) is 0.647. The largest absolute Gasteiger partial charge is 0.486 e. The Morgan fingerprint density at radius 1 is 1.05 bits per heavy atom. The van der Waals surface area contributed by atoms with E-state index >= 15 is 0 Å². The van der Waals surface area contributed by atoms with Gasteiger partial charge in [-0.2, -0.15) is 0 Å². The molecule has 0 aromatic heterocycles. The van der Waals surface area contributed by atoms with Crippen molar-refractivity contribution in [2.75, 3.05) is 13.2 Å². The van der Waals surface area contributed by atoms with Gasteiger partial charge in [0.2, 0.25) is 0 Å². The second kappa shape index (κ2) is 4.30. The minimum atomic E-state index is 0.0479. The third-order valence-electron chi connectivity index (χ3n) is 6.23. The minimum absolute atomic E-state index is 0.0479.